The van der Waals surface area contributed by atoms with Crippen LogP contribution in [0.4, 0.5) is 11.4 Å². The molecule has 0 aliphatic carbocycles. The lowest BCUT2D eigenvalue weighted by Crippen LogP contribution is -2.03. The molecule has 0 radical (unpaired) electrons. The summed E-state index contributed by atoms with van der Waals surface area (Å²) in [6, 6.07) is 18.0. The zero-order valence-electron chi connectivity index (χ0n) is 16.6. The van der Waals surface area contributed by atoms with Crippen LogP contribution in [0.3, 0.4) is 0 Å². The number of benzene rings is 3. The molecule has 6 heteroatoms. The maximum Gasteiger partial charge on any atom is 0.183 e. The molecule has 148 valence electrons. The zero-order chi connectivity index (χ0) is 20.5. The van der Waals surface area contributed by atoms with Gasteiger partial charge in [-0.15, -0.1) is 0 Å². The van der Waals surface area contributed by atoms with Crippen LogP contribution in [0.2, 0.25) is 0 Å². The molecule has 4 aromatic rings. The van der Waals surface area contributed by atoms with E-state index in [2.05, 4.69) is 18.2 Å². The second kappa shape index (κ2) is 7.83. The summed E-state index contributed by atoms with van der Waals surface area (Å²) in [4.78, 5) is 0. The first-order valence-electron chi connectivity index (χ1n) is 9.24. The summed E-state index contributed by atoms with van der Waals surface area (Å²) in [5.41, 5.74) is 19.9. The number of methoxy groups -OCH3 is 2. The molecule has 0 unspecified atom stereocenters. The number of hydrogen-bond acceptors (Lipinski definition) is 6. The fourth-order valence-corrected chi connectivity index (χ4v) is 4.42. The van der Waals surface area contributed by atoms with Crippen LogP contribution in [-0.4, -0.2) is 18.6 Å². The summed E-state index contributed by atoms with van der Waals surface area (Å²) in [6.07, 6.45) is -0.434. The van der Waals surface area contributed by atoms with E-state index in [9.17, 15) is 0 Å². The number of fused-ring (bicyclic) bond motifs is 1. The number of nitrogens with zero attached hydrogens (tertiary/aromatic N) is 1. The predicted octanol–water partition coefficient (Wildman–Crippen LogP) is 5.39. The monoisotopic (exact) mass is 405 g/mol. The third kappa shape index (κ3) is 3.35. The first-order valence-corrected chi connectivity index (χ1v) is 10.0. The molecule has 5 nitrogen and oxygen atoms in total. The summed E-state index contributed by atoms with van der Waals surface area (Å²) in [5, 5.41) is 1.02. The minimum Gasteiger partial charge on any atom is -0.398 e. The third-order valence-electron chi connectivity index (χ3n) is 5.19. The molecule has 4 rings (SSSR count). The molecule has 0 atom stereocenters. The van der Waals surface area contributed by atoms with Crippen molar-refractivity contribution < 1.29 is 9.47 Å². The number of aromatic nitrogens is 1. The van der Waals surface area contributed by atoms with Gasteiger partial charge in [-0.05, 0) is 59.4 Å². The molecule has 3 aromatic carbocycles. The number of nitrogen functional groups attached to an aromatic ring is 2. The van der Waals surface area contributed by atoms with Crippen LogP contribution in [0, 0.1) is 6.92 Å². The lowest BCUT2D eigenvalue weighted by molar-refractivity contribution is -0.105. The Morgan fingerprint density at radius 2 is 1.59 bits per heavy atom. The quantitative estimate of drug-likeness (QED) is 0.343. The normalized spacial score (nSPS) is 11.4. The Kier molecular flexibility index (Phi) is 5.24. The Morgan fingerprint density at radius 1 is 0.897 bits per heavy atom. The van der Waals surface area contributed by atoms with Crippen LogP contribution in [0.15, 0.2) is 54.6 Å². The molecule has 0 bridgehead atoms. The number of nitrogens with two attached hydrogens (primary N) is 2. The second-order valence-corrected chi connectivity index (χ2v) is 7.68. The van der Waals surface area contributed by atoms with Gasteiger partial charge in [0.25, 0.3) is 0 Å². The Labute approximate surface area is 174 Å². The lowest BCUT2D eigenvalue weighted by Gasteiger charge is -2.16. The summed E-state index contributed by atoms with van der Waals surface area (Å²) in [5.74, 6) is 0. The van der Waals surface area contributed by atoms with Crippen molar-refractivity contribution in [2.75, 3.05) is 25.7 Å². The fraction of sp³-hybridized carbons (Fsp3) is 0.174. The maximum atomic E-state index is 6.46. The smallest absolute Gasteiger partial charge is 0.183 e. The molecule has 29 heavy (non-hydrogen) atoms. The van der Waals surface area contributed by atoms with Crippen LogP contribution in [0.5, 0.6) is 0 Å². The van der Waals surface area contributed by atoms with Crippen LogP contribution in [0.25, 0.3) is 32.5 Å². The molecular weight excluding hydrogens is 382 g/mol. The van der Waals surface area contributed by atoms with Crippen LogP contribution in [0.1, 0.15) is 17.4 Å². The molecule has 0 fully saturated rings. The standard InChI is InChI=1S/C23H23N3O2S/c1-13-15(6-4-8-18(13)24)16-7-5-9-19(25)21(16)22-17-12-14(23(27-2)28-3)10-11-20(17)29-26-22/h4-12,23H,24-25H2,1-3H3. The minimum atomic E-state index is -0.434. The Morgan fingerprint density at radius 3 is 2.31 bits per heavy atom. The van der Waals surface area contributed by atoms with E-state index in [0.29, 0.717) is 5.69 Å². The van der Waals surface area contributed by atoms with Gasteiger partial charge in [-0.1, -0.05) is 30.3 Å². The van der Waals surface area contributed by atoms with E-state index < -0.39 is 6.29 Å². The van der Waals surface area contributed by atoms with E-state index in [-0.39, 0.29) is 0 Å². The Hall–Kier alpha value is -2.93. The topological polar surface area (TPSA) is 83.4 Å². The Bertz CT molecular complexity index is 1180. The van der Waals surface area contributed by atoms with Crippen LogP contribution >= 0.6 is 11.5 Å². The van der Waals surface area contributed by atoms with Crippen molar-refractivity contribution in [1.82, 2.24) is 4.37 Å². The number of ether oxygens (including phenoxy) is 2. The highest BCUT2D eigenvalue weighted by Crippen LogP contribution is 2.42. The average molecular weight is 406 g/mol. The van der Waals surface area contributed by atoms with E-state index in [4.69, 9.17) is 25.3 Å². The molecule has 0 aliphatic rings. The second-order valence-electron chi connectivity index (χ2n) is 6.88. The number of anilines is 2. The first-order chi connectivity index (χ1) is 14.0. The molecule has 0 aliphatic heterocycles. The van der Waals surface area contributed by atoms with Crippen molar-refractivity contribution in [3.8, 4) is 22.4 Å². The number of rotatable bonds is 5. The van der Waals surface area contributed by atoms with Gasteiger partial charge in [-0.3, -0.25) is 0 Å². The zero-order valence-corrected chi connectivity index (χ0v) is 17.4. The molecule has 0 saturated heterocycles. The van der Waals surface area contributed by atoms with E-state index in [1.807, 2.05) is 43.3 Å². The van der Waals surface area contributed by atoms with Crippen molar-refractivity contribution in [1.29, 1.82) is 0 Å². The predicted molar refractivity (Wildman–Crippen MR) is 121 cm³/mol. The van der Waals surface area contributed by atoms with Gasteiger partial charge >= 0.3 is 0 Å². The van der Waals surface area contributed by atoms with Crippen LogP contribution < -0.4 is 11.5 Å². The first kappa shape index (κ1) is 19.4. The third-order valence-corrected chi connectivity index (χ3v) is 6.02. The van der Waals surface area contributed by atoms with E-state index in [0.717, 1.165) is 49.3 Å². The summed E-state index contributed by atoms with van der Waals surface area (Å²) >= 11 is 1.45. The summed E-state index contributed by atoms with van der Waals surface area (Å²) in [6.45, 7) is 2.02. The largest absolute Gasteiger partial charge is 0.398 e. The fourth-order valence-electron chi connectivity index (χ4n) is 3.66. The van der Waals surface area contributed by atoms with E-state index in [1.165, 1.54) is 11.5 Å². The van der Waals surface area contributed by atoms with Gasteiger partial charge in [0.1, 0.15) is 0 Å². The van der Waals surface area contributed by atoms with Gasteiger partial charge in [-0.2, -0.15) is 4.37 Å². The summed E-state index contributed by atoms with van der Waals surface area (Å²) in [7, 11) is 3.25. The minimum absolute atomic E-state index is 0.434. The van der Waals surface area contributed by atoms with Crippen molar-refractivity contribution in [3.63, 3.8) is 0 Å². The van der Waals surface area contributed by atoms with Gasteiger partial charge in [0.05, 0.1) is 10.4 Å². The Balaban J connectivity index is 1.97. The number of hydrogen-bond donors (Lipinski definition) is 2. The van der Waals surface area contributed by atoms with Gasteiger partial charge in [0, 0.05) is 42.1 Å². The molecule has 1 heterocycles. The highest BCUT2D eigenvalue weighted by atomic mass is 32.1. The van der Waals surface area contributed by atoms with Crippen molar-refractivity contribution >= 4 is 33.0 Å². The summed E-state index contributed by atoms with van der Waals surface area (Å²) < 4.78 is 16.7. The van der Waals surface area contributed by atoms with Gasteiger partial charge < -0.3 is 20.9 Å². The SMILES string of the molecule is COC(OC)c1ccc2snc(-c3c(N)cccc3-c3cccc(N)c3C)c2c1. The maximum absolute atomic E-state index is 6.46. The van der Waals surface area contributed by atoms with Crippen LogP contribution in [-0.2, 0) is 9.47 Å². The lowest BCUT2D eigenvalue weighted by atomic mass is 9.91. The van der Waals surface area contributed by atoms with Crippen molar-refractivity contribution in [2.45, 2.75) is 13.2 Å². The van der Waals surface area contributed by atoms with Gasteiger partial charge in [0.2, 0.25) is 0 Å². The van der Waals surface area contributed by atoms with E-state index in [1.54, 1.807) is 14.2 Å². The molecule has 1 aromatic heterocycles. The molecule has 0 amide bonds. The van der Waals surface area contributed by atoms with E-state index >= 15 is 0 Å². The van der Waals surface area contributed by atoms with Crippen molar-refractivity contribution in [2.24, 2.45) is 0 Å². The molecule has 4 N–H and O–H groups in total. The van der Waals surface area contributed by atoms with Crippen molar-refractivity contribution in [3.05, 3.63) is 65.7 Å². The molecular formula is C23H23N3O2S. The average Bonchev–Trinajstić information content (AvgIpc) is 3.14. The molecule has 0 spiro atoms. The van der Waals surface area contributed by atoms with Gasteiger partial charge in [-0.25, -0.2) is 0 Å². The van der Waals surface area contributed by atoms with Gasteiger partial charge in [0.15, 0.2) is 6.29 Å². The highest BCUT2D eigenvalue weighted by molar-refractivity contribution is 7.13. The highest BCUT2D eigenvalue weighted by Gasteiger charge is 2.19. The molecule has 0 saturated carbocycles.